The van der Waals surface area contributed by atoms with E-state index in [2.05, 4.69) is 40.7 Å². The Bertz CT molecular complexity index is 1760. The van der Waals surface area contributed by atoms with Gasteiger partial charge in [-0.05, 0) is 93.3 Å². The van der Waals surface area contributed by atoms with Gasteiger partial charge in [0.25, 0.3) is 0 Å². The van der Waals surface area contributed by atoms with Crippen LogP contribution in [0.3, 0.4) is 0 Å². The summed E-state index contributed by atoms with van der Waals surface area (Å²) in [6, 6.07) is 0. The highest BCUT2D eigenvalue weighted by Crippen LogP contribution is 2.76. The molecule has 69 heavy (non-hydrogen) atoms. The van der Waals surface area contributed by atoms with Gasteiger partial charge in [0.1, 0.15) is 73.2 Å². The Morgan fingerprint density at radius 1 is 0.725 bits per heavy atom. The number of rotatable bonds is 15. The zero-order valence-electron chi connectivity index (χ0n) is 41.3. The Labute approximate surface area is 404 Å². The lowest BCUT2D eigenvalue weighted by molar-refractivity contribution is -0.342. The van der Waals surface area contributed by atoms with Crippen molar-refractivity contribution in [1.82, 2.24) is 0 Å². The van der Waals surface area contributed by atoms with Crippen LogP contribution < -0.4 is 0 Å². The highest BCUT2D eigenvalue weighted by atomic mass is 16.7. The summed E-state index contributed by atoms with van der Waals surface area (Å²) < 4.78 is 35.2. The fraction of sp³-hybridized carbons (Fsp3) is 0.959. The third kappa shape index (κ3) is 9.44. The smallest absolute Gasteiger partial charge is 0.187 e. The maximum atomic E-state index is 12.7. The molecule has 26 atom stereocenters. The van der Waals surface area contributed by atoms with Gasteiger partial charge in [0.2, 0.25) is 0 Å². The topological polar surface area (TPSA) is 339 Å². The molecule has 2 unspecified atom stereocenters. The van der Waals surface area contributed by atoms with E-state index >= 15 is 0 Å². The highest BCUT2D eigenvalue weighted by Gasteiger charge is 2.71. The molecule has 0 radical (unpaired) electrons. The Morgan fingerprint density at radius 3 is 1.83 bits per heavy atom. The fourth-order valence-corrected chi connectivity index (χ4v) is 14.7. The molecule has 20 nitrogen and oxygen atoms in total. The van der Waals surface area contributed by atoms with Gasteiger partial charge in [-0.2, -0.15) is 0 Å². The predicted molar refractivity (Wildman–Crippen MR) is 241 cm³/mol. The van der Waals surface area contributed by atoms with Crippen molar-refractivity contribution in [2.24, 2.45) is 45.3 Å². The van der Waals surface area contributed by atoms with Crippen LogP contribution in [0.4, 0.5) is 0 Å². The van der Waals surface area contributed by atoms with E-state index in [0.717, 1.165) is 24.8 Å². The van der Waals surface area contributed by atoms with Gasteiger partial charge >= 0.3 is 0 Å². The predicted octanol–water partition coefficient (Wildman–Crippen LogP) is -1.70. The average molecular weight is 993 g/mol. The lowest BCUT2D eigenvalue weighted by Gasteiger charge is -2.68. The Hall–Kier alpha value is -1.06. The third-order valence-corrected chi connectivity index (χ3v) is 19.1. The second kappa shape index (κ2) is 20.6. The summed E-state index contributed by atoms with van der Waals surface area (Å²) in [5.74, 6) is -0.328. The Kier molecular flexibility index (Phi) is 16.6. The molecule has 3 saturated carbocycles. The maximum absolute atomic E-state index is 12.7. The molecule has 7 rings (SSSR count). The molecule has 0 amide bonds. The van der Waals surface area contributed by atoms with Crippen LogP contribution in [0.25, 0.3) is 0 Å². The lowest BCUT2D eigenvalue weighted by Crippen LogP contribution is -2.65. The molecular weight excluding hydrogens is 909 g/mol. The summed E-state index contributed by atoms with van der Waals surface area (Å²) in [6.07, 6.45) is -19.5. The van der Waals surface area contributed by atoms with Crippen LogP contribution in [0.2, 0.25) is 0 Å². The van der Waals surface area contributed by atoms with E-state index in [1.807, 2.05) is 6.92 Å². The van der Waals surface area contributed by atoms with Crippen LogP contribution in [-0.4, -0.2) is 213 Å². The molecule has 7 aliphatic rings. The van der Waals surface area contributed by atoms with Crippen LogP contribution in [0, 0.1) is 45.3 Å². The van der Waals surface area contributed by atoms with Crippen molar-refractivity contribution >= 4 is 0 Å². The van der Waals surface area contributed by atoms with Gasteiger partial charge in [-0.25, -0.2) is 0 Å². The second-order valence-electron chi connectivity index (χ2n) is 23.3. The van der Waals surface area contributed by atoms with Crippen molar-refractivity contribution in [3.05, 3.63) is 11.6 Å². The summed E-state index contributed by atoms with van der Waals surface area (Å²) in [5.41, 5.74) is -2.18. The molecule has 14 N–H and O–H groups in total. The largest absolute Gasteiger partial charge is 0.394 e. The quantitative estimate of drug-likeness (QED) is 0.0814. The summed E-state index contributed by atoms with van der Waals surface area (Å²) in [6.45, 7) is 14.0. The summed E-state index contributed by atoms with van der Waals surface area (Å²) in [5, 5.41) is 151. The van der Waals surface area contributed by atoms with E-state index in [1.54, 1.807) is 0 Å². The van der Waals surface area contributed by atoms with Crippen molar-refractivity contribution in [3.63, 3.8) is 0 Å². The van der Waals surface area contributed by atoms with Gasteiger partial charge in [0.15, 0.2) is 18.9 Å². The monoisotopic (exact) mass is 993 g/mol. The fourth-order valence-electron chi connectivity index (χ4n) is 14.7. The second-order valence-corrected chi connectivity index (χ2v) is 23.3. The summed E-state index contributed by atoms with van der Waals surface area (Å²) >= 11 is 0. The van der Waals surface area contributed by atoms with Crippen molar-refractivity contribution in [3.8, 4) is 0 Å². The van der Waals surface area contributed by atoms with Crippen molar-refractivity contribution in [2.45, 2.75) is 229 Å². The number of hydrogen-bond acceptors (Lipinski definition) is 20. The van der Waals surface area contributed by atoms with Gasteiger partial charge in [-0.3, -0.25) is 0 Å². The van der Waals surface area contributed by atoms with E-state index < -0.39 is 158 Å². The molecule has 3 aliphatic heterocycles. The number of ether oxygens (including phenoxy) is 6. The molecule has 4 aliphatic carbocycles. The maximum Gasteiger partial charge on any atom is 0.187 e. The van der Waals surface area contributed by atoms with Crippen LogP contribution >= 0.6 is 0 Å². The minimum Gasteiger partial charge on any atom is -0.394 e. The number of aliphatic hydroxyl groups excluding tert-OH is 13. The summed E-state index contributed by atoms with van der Waals surface area (Å²) in [4.78, 5) is 0. The molecule has 0 aromatic heterocycles. The third-order valence-electron chi connectivity index (χ3n) is 19.1. The Balaban J connectivity index is 1.05. The zero-order valence-corrected chi connectivity index (χ0v) is 41.3. The normalized spacial score (nSPS) is 50.3. The van der Waals surface area contributed by atoms with Gasteiger partial charge < -0.3 is 99.9 Å². The van der Waals surface area contributed by atoms with Crippen molar-refractivity contribution in [2.75, 3.05) is 19.8 Å². The van der Waals surface area contributed by atoms with Crippen LogP contribution in [-0.2, 0) is 28.4 Å². The van der Waals surface area contributed by atoms with Crippen LogP contribution in [0.5, 0.6) is 0 Å². The van der Waals surface area contributed by atoms with Crippen molar-refractivity contribution < 1.29 is 99.9 Å². The van der Waals surface area contributed by atoms with E-state index in [4.69, 9.17) is 28.4 Å². The first-order chi connectivity index (χ1) is 32.2. The van der Waals surface area contributed by atoms with Gasteiger partial charge in [-0.15, -0.1) is 0 Å². The molecule has 6 fully saturated rings. The number of hydrogen-bond donors (Lipinski definition) is 14. The van der Waals surface area contributed by atoms with Crippen molar-refractivity contribution in [1.29, 1.82) is 0 Å². The van der Waals surface area contributed by atoms with E-state index in [0.29, 0.717) is 25.7 Å². The first-order valence-electron chi connectivity index (χ1n) is 25.2. The average Bonchev–Trinajstić information content (AvgIpc) is 3.60. The SMILES string of the molecule is CC[C@@]12CCC([C@H](C)C(O)C[C@@H](O[C@@H]3O[C@H](CO[C@@H]4O[C@H](CO)[C@@H](O)[C@H](O)[C@H]4O)[C@@H](O)[C@H](O)[C@H]3O)C(C)(C)O)[C@@]1(C)C[C@@H](O)[C@@]1(C)[C@@H]3CC[C@H](O[C@@H]4O[C@H](CO)[C@@H](O)[C@H](O)[C@H]4O)C(C)(C)C3=CC[C@H]12. The van der Waals surface area contributed by atoms with E-state index in [1.165, 1.54) is 13.8 Å². The molecular formula is C49H84O20. The van der Waals surface area contributed by atoms with Gasteiger partial charge in [0.05, 0.1) is 49.8 Å². The molecule has 3 saturated heterocycles. The molecule has 0 spiro atoms. The minimum absolute atomic E-state index is 0.00602. The molecule has 0 aromatic carbocycles. The first kappa shape index (κ1) is 55.7. The first-order valence-corrected chi connectivity index (χ1v) is 25.2. The Morgan fingerprint density at radius 2 is 1.26 bits per heavy atom. The highest BCUT2D eigenvalue weighted by molar-refractivity contribution is 5.32. The lowest BCUT2D eigenvalue weighted by atomic mass is 9.37. The van der Waals surface area contributed by atoms with Crippen LogP contribution in [0.1, 0.15) is 107 Å². The number of aliphatic hydroxyl groups is 14. The zero-order chi connectivity index (χ0) is 51.1. The van der Waals surface area contributed by atoms with Gasteiger partial charge in [0, 0.05) is 17.3 Å². The number of fused-ring (bicyclic) bond motifs is 5. The molecule has 3 heterocycles. The molecule has 0 bridgehead atoms. The van der Waals surface area contributed by atoms with Gasteiger partial charge in [-0.1, -0.05) is 53.2 Å². The van der Waals surface area contributed by atoms with E-state index in [9.17, 15) is 71.5 Å². The van der Waals surface area contributed by atoms with Crippen LogP contribution in [0.15, 0.2) is 11.6 Å². The molecule has 0 aromatic rings. The molecule has 20 heteroatoms. The van der Waals surface area contributed by atoms with E-state index in [-0.39, 0.29) is 35.5 Å². The summed E-state index contributed by atoms with van der Waals surface area (Å²) in [7, 11) is 0. The standard InChI is InChI=1S/C49H84O20/c1-9-49-15-14-22(21(2)25(52)16-32(46(5,6)63)69-44-41(62)38(59)35(56)28(67-44)20-64-42-39(60)36(57)33(54)26(18-50)65-42)47(49,7)17-30(53)48(8)24-11-13-31(45(3,4)23(24)10-12-29(48)49)68-43-40(61)37(58)34(55)27(19-51)66-43/h10,21-22,24-44,50-63H,9,11-20H2,1-8H3/t21-,22?,24+,25?,26+,27+,28+,29+,30+,31-,32+,33+,34+,35+,36-,37-,38-,39+,40+,41+,42+,43-,44-,47+,48-,49-/m0/s1. The number of allylic oxidation sites excluding steroid dienone is 1. The molecule has 400 valence electrons. The minimum atomic E-state index is -1.82.